The SMILES string of the molecule is O=C(NC1CC1)C1CCN(c2ccncc2Br)C1. The molecular formula is C13H16BrN3O. The van der Waals surface area contributed by atoms with Gasteiger partial charge in [-0.2, -0.15) is 0 Å². The van der Waals surface area contributed by atoms with Gasteiger partial charge < -0.3 is 10.2 Å². The van der Waals surface area contributed by atoms with Gasteiger partial charge in [-0.1, -0.05) is 0 Å². The van der Waals surface area contributed by atoms with Crippen molar-refractivity contribution >= 4 is 27.5 Å². The van der Waals surface area contributed by atoms with Crippen LogP contribution in [0.5, 0.6) is 0 Å². The van der Waals surface area contributed by atoms with Gasteiger partial charge in [0.1, 0.15) is 0 Å². The van der Waals surface area contributed by atoms with Crippen LogP contribution >= 0.6 is 15.9 Å². The summed E-state index contributed by atoms with van der Waals surface area (Å²) in [6.45, 7) is 1.74. The number of amides is 1. The number of halogens is 1. The topological polar surface area (TPSA) is 45.2 Å². The van der Waals surface area contributed by atoms with Gasteiger partial charge in [-0.15, -0.1) is 0 Å². The van der Waals surface area contributed by atoms with Gasteiger partial charge in [-0.25, -0.2) is 0 Å². The van der Waals surface area contributed by atoms with Gasteiger partial charge in [-0.3, -0.25) is 9.78 Å². The van der Waals surface area contributed by atoms with Crippen molar-refractivity contribution in [2.24, 2.45) is 5.92 Å². The molecule has 4 nitrogen and oxygen atoms in total. The van der Waals surface area contributed by atoms with Crippen LogP contribution in [0.15, 0.2) is 22.9 Å². The van der Waals surface area contributed by atoms with Gasteiger partial charge in [-0.05, 0) is 41.3 Å². The molecule has 0 bridgehead atoms. The van der Waals surface area contributed by atoms with Crippen molar-refractivity contribution in [1.29, 1.82) is 0 Å². The van der Waals surface area contributed by atoms with Crippen molar-refractivity contribution in [3.05, 3.63) is 22.9 Å². The lowest BCUT2D eigenvalue weighted by Gasteiger charge is -2.19. The summed E-state index contributed by atoms with van der Waals surface area (Å²) < 4.78 is 0.994. The second kappa shape index (κ2) is 4.88. The fourth-order valence-corrected chi connectivity index (χ4v) is 2.87. The van der Waals surface area contributed by atoms with Crippen molar-refractivity contribution in [2.45, 2.75) is 25.3 Å². The summed E-state index contributed by atoms with van der Waals surface area (Å²) in [5, 5.41) is 3.09. The third kappa shape index (κ3) is 2.51. The summed E-state index contributed by atoms with van der Waals surface area (Å²) in [6, 6.07) is 2.45. The molecule has 1 aliphatic heterocycles. The molecule has 1 saturated heterocycles. The molecule has 1 aliphatic carbocycles. The molecule has 1 atom stereocenters. The van der Waals surface area contributed by atoms with E-state index >= 15 is 0 Å². The molecule has 2 aliphatic rings. The number of anilines is 1. The molecule has 1 aromatic rings. The van der Waals surface area contributed by atoms with E-state index in [1.807, 2.05) is 6.07 Å². The lowest BCUT2D eigenvalue weighted by molar-refractivity contribution is -0.124. The van der Waals surface area contributed by atoms with Crippen molar-refractivity contribution in [2.75, 3.05) is 18.0 Å². The maximum Gasteiger partial charge on any atom is 0.225 e. The smallest absolute Gasteiger partial charge is 0.225 e. The predicted octanol–water partition coefficient (Wildman–Crippen LogP) is 1.95. The molecule has 0 spiro atoms. The molecule has 0 radical (unpaired) electrons. The molecule has 2 fully saturated rings. The number of rotatable bonds is 3. The Balaban J connectivity index is 1.64. The minimum atomic E-state index is 0.130. The monoisotopic (exact) mass is 309 g/mol. The van der Waals surface area contributed by atoms with E-state index in [4.69, 9.17) is 0 Å². The molecule has 1 unspecified atom stereocenters. The lowest BCUT2D eigenvalue weighted by Crippen LogP contribution is -2.34. The predicted molar refractivity (Wildman–Crippen MR) is 73.4 cm³/mol. The van der Waals surface area contributed by atoms with E-state index in [1.165, 1.54) is 0 Å². The molecule has 96 valence electrons. The van der Waals surface area contributed by atoms with E-state index in [0.29, 0.717) is 6.04 Å². The molecule has 1 saturated carbocycles. The summed E-state index contributed by atoms with van der Waals surface area (Å²) in [7, 11) is 0. The van der Waals surface area contributed by atoms with E-state index in [9.17, 15) is 4.79 Å². The van der Waals surface area contributed by atoms with E-state index in [-0.39, 0.29) is 11.8 Å². The van der Waals surface area contributed by atoms with Gasteiger partial charge in [0, 0.05) is 31.5 Å². The van der Waals surface area contributed by atoms with Crippen LogP contribution in [0.2, 0.25) is 0 Å². The Bertz CT molecular complexity index is 461. The maximum atomic E-state index is 12.0. The minimum Gasteiger partial charge on any atom is -0.370 e. The standard InChI is InChI=1S/C13H16BrN3O/c14-11-7-15-5-3-12(11)17-6-4-9(8-17)13(18)16-10-1-2-10/h3,5,7,9-10H,1-2,4,6,8H2,(H,16,18). The van der Waals surface area contributed by atoms with Crippen LogP contribution in [0.1, 0.15) is 19.3 Å². The molecule has 3 rings (SSSR count). The number of hydrogen-bond donors (Lipinski definition) is 1. The number of pyridine rings is 1. The van der Waals surface area contributed by atoms with Crippen molar-refractivity contribution in [3.8, 4) is 0 Å². The van der Waals surface area contributed by atoms with E-state index < -0.39 is 0 Å². The lowest BCUT2D eigenvalue weighted by atomic mass is 10.1. The number of hydrogen-bond acceptors (Lipinski definition) is 3. The summed E-state index contributed by atoms with van der Waals surface area (Å²) in [4.78, 5) is 18.3. The van der Waals surface area contributed by atoms with Gasteiger partial charge in [0.05, 0.1) is 16.1 Å². The highest BCUT2D eigenvalue weighted by Gasteiger charge is 2.32. The number of carbonyl (C=O) groups excluding carboxylic acids is 1. The Labute approximate surface area is 115 Å². The van der Waals surface area contributed by atoms with Crippen molar-refractivity contribution in [1.82, 2.24) is 10.3 Å². The van der Waals surface area contributed by atoms with Crippen LogP contribution in [-0.2, 0) is 4.79 Å². The van der Waals surface area contributed by atoms with Gasteiger partial charge in [0.15, 0.2) is 0 Å². The molecular weight excluding hydrogens is 294 g/mol. The van der Waals surface area contributed by atoms with E-state index in [1.54, 1.807) is 12.4 Å². The van der Waals surface area contributed by atoms with Gasteiger partial charge in [0.25, 0.3) is 0 Å². The van der Waals surface area contributed by atoms with E-state index in [2.05, 4.69) is 31.1 Å². The van der Waals surface area contributed by atoms with Crippen LogP contribution < -0.4 is 10.2 Å². The molecule has 5 heteroatoms. The first-order valence-corrected chi connectivity index (χ1v) is 7.18. The largest absolute Gasteiger partial charge is 0.370 e. The summed E-state index contributed by atoms with van der Waals surface area (Å²) in [5.41, 5.74) is 1.13. The number of nitrogens with zero attached hydrogens (tertiary/aromatic N) is 2. The average Bonchev–Trinajstić information content (AvgIpc) is 3.04. The Morgan fingerprint density at radius 1 is 1.44 bits per heavy atom. The highest BCUT2D eigenvalue weighted by atomic mass is 79.9. The highest BCUT2D eigenvalue weighted by Crippen LogP contribution is 2.30. The quantitative estimate of drug-likeness (QED) is 0.928. The average molecular weight is 310 g/mol. The summed E-state index contributed by atoms with van der Waals surface area (Å²) in [6.07, 6.45) is 6.83. The third-order valence-electron chi connectivity index (χ3n) is 3.57. The first-order chi connectivity index (χ1) is 8.74. The fraction of sp³-hybridized carbons (Fsp3) is 0.538. The Kier molecular flexibility index (Phi) is 3.24. The molecule has 1 aromatic heterocycles. The maximum absolute atomic E-state index is 12.0. The number of aromatic nitrogens is 1. The molecule has 0 aromatic carbocycles. The highest BCUT2D eigenvalue weighted by molar-refractivity contribution is 9.10. The van der Waals surface area contributed by atoms with Crippen LogP contribution in [0, 0.1) is 5.92 Å². The number of nitrogens with one attached hydrogen (secondary N) is 1. The zero-order valence-corrected chi connectivity index (χ0v) is 11.7. The Morgan fingerprint density at radius 3 is 3.00 bits per heavy atom. The second-order valence-electron chi connectivity index (χ2n) is 5.04. The van der Waals surface area contributed by atoms with Crippen molar-refractivity contribution < 1.29 is 4.79 Å². The zero-order valence-electron chi connectivity index (χ0n) is 10.1. The molecule has 18 heavy (non-hydrogen) atoms. The fourth-order valence-electron chi connectivity index (χ4n) is 2.36. The van der Waals surface area contributed by atoms with E-state index in [0.717, 1.165) is 42.5 Å². The second-order valence-corrected chi connectivity index (χ2v) is 5.90. The van der Waals surface area contributed by atoms with Crippen LogP contribution in [0.3, 0.4) is 0 Å². The van der Waals surface area contributed by atoms with Crippen molar-refractivity contribution in [3.63, 3.8) is 0 Å². The number of carbonyl (C=O) groups is 1. The first-order valence-electron chi connectivity index (χ1n) is 6.39. The Morgan fingerprint density at radius 2 is 2.28 bits per heavy atom. The van der Waals surface area contributed by atoms with Crippen LogP contribution in [0.25, 0.3) is 0 Å². The summed E-state index contributed by atoms with van der Waals surface area (Å²) >= 11 is 3.51. The minimum absolute atomic E-state index is 0.130. The Hall–Kier alpha value is -1.10. The normalized spacial score (nSPS) is 23.2. The summed E-state index contributed by atoms with van der Waals surface area (Å²) in [5.74, 6) is 0.357. The first kappa shape index (κ1) is 12.0. The zero-order chi connectivity index (χ0) is 12.5. The van der Waals surface area contributed by atoms with Gasteiger partial charge >= 0.3 is 0 Å². The molecule has 1 amide bonds. The molecule has 1 N–H and O–H groups in total. The van der Waals surface area contributed by atoms with Crippen LogP contribution in [-0.4, -0.2) is 30.0 Å². The molecule has 2 heterocycles. The van der Waals surface area contributed by atoms with Gasteiger partial charge in [0.2, 0.25) is 5.91 Å². The third-order valence-corrected chi connectivity index (χ3v) is 4.19. The van der Waals surface area contributed by atoms with Crippen LogP contribution in [0.4, 0.5) is 5.69 Å².